The van der Waals surface area contributed by atoms with E-state index in [4.69, 9.17) is 5.73 Å². The van der Waals surface area contributed by atoms with Gasteiger partial charge in [0, 0.05) is 0 Å². The van der Waals surface area contributed by atoms with E-state index in [9.17, 15) is 12.8 Å². The molecule has 0 saturated carbocycles. The largest absolute Gasteiger partial charge is 0.384 e. The smallest absolute Gasteiger partial charge is 0.212 e. The molecule has 0 atom stereocenters. The fourth-order valence-electron chi connectivity index (χ4n) is 3.79. The number of halogens is 1. The van der Waals surface area contributed by atoms with Crippen molar-refractivity contribution in [3.05, 3.63) is 89.7 Å². The highest BCUT2D eigenvalue weighted by atomic mass is 32.2. The first kappa shape index (κ1) is 20.1. The number of aromatic nitrogens is 3. The Morgan fingerprint density at radius 2 is 1.62 bits per heavy atom. The summed E-state index contributed by atoms with van der Waals surface area (Å²) in [6, 6.07) is 19.9. The summed E-state index contributed by atoms with van der Waals surface area (Å²) in [6.45, 7) is 2.05. The van der Waals surface area contributed by atoms with Gasteiger partial charge in [0.15, 0.2) is 5.65 Å². The number of nitrogens with two attached hydrogens (primary N) is 1. The van der Waals surface area contributed by atoms with Crippen LogP contribution in [0.15, 0.2) is 82.6 Å². The van der Waals surface area contributed by atoms with Crippen molar-refractivity contribution in [1.82, 2.24) is 14.5 Å². The molecule has 0 fully saturated rings. The molecule has 2 heterocycles. The van der Waals surface area contributed by atoms with Crippen LogP contribution in [-0.4, -0.2) is 23.0 Å². The van der Waals surface area contributed by atoms with Gasteiger partial charge in [-0.15, -0.1) is 0 Å². The molecule has 0 spiro atoms. The number of nitrogen functional groups attached to an aromatic ring is 1. The third-order valence-corrected chi connectivity index (χ3v) is 7.18. The van der Waals surface area contributed by atoms with Crippen LogP contribution >= 0.6 is 0 Å². The van der Waals surface area contributed by atoms with E-state index in [0.29, 0.717) is 16.7 Å². The van der Waals surface area contributed by atoms with E-state index in [1.165, 1.54) is 12.1 Å². The van der Waals surface area contributed by atoms with Crippen molar-refractivity contribution in [2.45, 2.75) is 23.3 Å². The molecule has 32 heavy (non-hydrogen) atoms. The molecule has 0 bridgehead atoms. The number of benzene rings is 3. The molecule has 2 N–H and O–H groups in total. The van der Waals surface area contributed by atoms with Crippen molar-refractivity contribution in [3.63, 3.8) is 0 Å². The lowest BCUT2D eigenvalue weighted by atomic mass is 10.2. The van der Waals surface area contributed by atoms with E-state index >= 15 is 0 Å². The fraction of sp³-hybridized carbons (Fsp3) is 0.0833. The summed E-state index contributed by atoms with van der Waals surface area (Å²) in [7, 11) is -3.97. The molecule has 6 nitrogen and oxygen atoms in total. The van der Waals surface area contributed by atoms with E-state index in [0.717, 1.165) is 11.1 Å². The van der Waals surface area contributed by atoms with E-state index in [1.54, 1.807) is 41.0 Å². The number of hydrogen-bond donors (Lipinski definition) is 1. The minimum atomic E-state index is -3.97. The summed E-state index contributed by atoms with van der Waals surface area (Å²) >= 11 is 0. The number of anilines is 1. The molecule has 160 valence electrons. The average Bonchev–Trinajstić information content (AvgIpc) is 3.04. The topological polar surface area (TPSA) is 90.9 Å². The molecule has 0 aliphatic carbocycles. The highest BCUT2D eigenvalue weighted by molar-refractivity contribution is 7.92. The van der Waals surface area contributed by atoms with Crippen LogP contribution in [0.2, 0.25) is 0 Å². The maximum absolute atomic E-state index is 13.7. The van der Waals surface area contributed by atoms with Gasteiger partial charge in [-0.1, -0.05) is 36.4 Å². The SMILES string of the molecule is Cc1cccc(S(=O)(=O)c2c(N)n(Cc3ccc(F)cc3)c3nc4ccccc4nc23)c1. The summed E-state index contributed by atoms with van der Waals surface area (Å²) in [4.78, 5) is 9.37. The lowest BCUT2D eigenvalue weighted by molar-refractivity contribution is 0.596. The van der Waals surface area contributed by atoms with Crippen LogP contribution in [0.4, 0.5) is 10.2 Å². The predicted octanol–water partition coefficient (Wildman–Crippen LogP) is 4.50. The number of para-hydroxylation sites is 2. The molecular weight excluding hydrogens is 427 g/mol. The quantitative estimate of drug-likeness (QED) is 0.439. The molecule has 0 unspecified atom stereocenters. The van der Waals surface area contributed by atoms with Crippen LogP contribution < -0.4 is 5.73 Å². The molecule has 0 saturated heterocycles. The maximum Gasteiger partial charge on any atom is 0.212 e. The van der Waals surface area contributed by atoms with Crippen molar-refractivity contribution in [1.29, 1.82) is 0 Å². The standard InChI is InChI=1S/C24H19FN4O2S/c1-15-5-4-6-18(13-15)32(30,31)22-21-24(28-20-8-3-2-7-19(20)27-21)29(23(22)26)14-16-9-11-17(25)12-10-16/h2-13H,14,26H2,1H3. The Bertz CT molecular complexity index is 1590. The molecule has 0 amide bonds. The van der Waals surface area contributed by atoms with Gasteiger partial charge in [0.1, 0.15) is 22.0 Å². The first-order valence-electron chi connectivity index (χ1n) is 9.95. The molecule has 5 aromatic rings. The Labute approximate surface area is 184 Å². The van der Waals surface area contributed by atoms with E-state index in [2.05, 4.69) is 9.97 Å². The van der Waals surface area contributed by atoms with Gasteiger partial charge in [0.2, 0.25) is 9.84 Å². The molecular formula is C24H19FN4O2S. The fourth-order valence-corrected chi connectivity index (χ4v) is 5.40. The van der Waals surface area contributed by atoms with Crippen molar-refractivity contribution < 1.29 is 12.8 Å². The zero-order valence-corrected chi connectivity index (χ0v) is 18.0. The maximum atomic E-state index is 13.7. The number of hydrogen-bond acceptors (Lipinski definition) is 5. The van der Waals surface area contributed by atoms with E-state index < -0.39 is 9.84 Å². The first-order chi connectivity index (χ1) is 15.3. The minimum absolute atomic E-state index is 0.0427. The molecule has 3 aromatic carbocycles. The summed E-state index contributed by atoms with van der Waals surface area (Å²) < 4.78 is 42.3. The summed E-state index contributed by atoms with van der Waals surface area (Å²) in [5.74, 6) is -0.311. The zero-order valence-electron chi connectivity index (χ0n) is 17.2. The first-order valence-corrected chi connectivity index (χ1v) is 11.4. The highest BCUT2D eigenvalue weighted by Crippen LogP contribution is 2.35. The Morgan fingerprint density at radius 3 is 2.31 bits per heavy atom. The van der Waals surface area contributed by atoms with Crippen LogP contribution in [0.5, 0.6) is 0 Å². The normalized spacial score (nSPS) is 11.9. The molecule has 0 radical (unpaired) electrons. The Kier molecular flexibility index (Phi) is 4.67. The molecule has 2 aromatic heterocycles. The number of rotatable bonds is 4. The van der Waals surface area contributed by atoms with Gasteiger partial charge >= 0.3 is 0 Å². The molecule has 8 heteroatoms. The lowest BCUT2D eigenvalue weighted by Crippen LogP contribution is -2.09. The van der Waals surface area contributed by atoms with Crippen LogP contribution in [0.1, 0.15) is 11.1 Å². The van der Waals surface area contributed by atoms with Crippen molar-refractivity contribution in [3.8, 4) is 0 Å². The highest BCUT2D eigenvalue weighted by Gasteiger charge is 2.30. The number of sulfone groups is 1. The Balaban J connectivity index is 1.81. The lowest BCUT2D eigenvalue weighted by Gasteiger charge is -2.09. The van der Waals surface area contributed by atoms with Crippen LogP contribution in [-0.2, 0) is 16.4 Å². The second-order valence-corrected chi connectivity index (χ2v) is 9.52. The van der Waals surface area contributed by atoms with Gasteiger partial charge < -0.3 is 10.3 Å². The van der Waals surface area contributed by atoms with Crippen LogP contribution in [0, 0.1) is 12.7 Å². The van der Waals surface area contributed by atoms with Crippen molar-refractivity contribution in [2.24, 2.45) is 0 Å². The summed E-state index contributed by atoms with van der Waals surface area (Å²) in [5.41, 5.74) is 9.78. The van der Waals surface area contributed by atoms with Crippen LogP contribution in [0.25, 0.3) is 22.2 Å². The molecule has 0 aliphatic rings. The van der Waals surface area contributed by atoms with E-state index in [1.807, 2.05) is 31.2 Å². The third kappa shape index (κ3) is 3.29. The monoisotopic (exact) mass is 446 g/mol. The average molecular weight is 447 g/mol. The number of aryl methyl sites for hydroxylation is 1. The minimum Gasteiger partial charge on any atom is -0.384 e. The number of nitrogens with zero attached hydrogens (tertiary/aromatic N) is 3. The van der Waals surface area contributed by atoms with Gasteiger partial charge in [-0.2, -0.15) is 0 Å². The molecule has 0 aliphatic heterocycles. The number of fused-ring (bicyclic) bond motifs is 2. The van der Waals surface area contributed by atoms with Gasteiger partial charge in [0.05, 0.1) is 22.5 Å². The zero-order chi connectivity index (χ0) is 22.5. The van der Waals surface area contributed by atoms with Gasteiger partial charge in [-0.3, -0.25) is 0 Å². The van der Waals surface area contributed by atoms with Crippen molar-refractivity contribution in [2.75, 3.05) is 5.73 Å². The van der Waals surface area contributed by atoms with Crippen LogP contribution in [0.3, 0.4) is 0 Å². The Hall–Kier alpha value is -3.78. The third-order valence-electron chi connectivity index (χ3n) is 5.37. The van der Waals surface area contributed by atoms with E-state index in [-0.39, 0.29) is 33.5 Å². The second-order valence-electron chi connectivity index (χ2n) is 7.63. The van der Waals surface area contributed by atoms with Gasteiger partial charge in [0.25, 0.3) is 0 Å². The summed E-state index contributed by atoms with van der Waals surface area (Å²) in [5, 5.41) is 0. The summed E-state index contributed by atoms with van der Waals surface area (Å²) in [6.07, 6.45) is 0. The van der Waals surface area contributed by atoms with Gasteiger partial charge in [-0.25, -0.2) is 22.8 Å². The van der Waals surface area contributed by atoms with Gasteiger partial charge in [-0.05, 0) is 54.4 Å². The van der Waals surface area contributed by atoms with Crippen molar-refractivity contribution >= 4 is 37.9 Å². The Morgan fingerprint density at radius 1 is 0.938 bits per heavy atom. The second kappa shape index (κ2) is 7.42. The molecule has 5 rings (SSSR count). The predicted molar refractivity (Wildman–Crippen MR) is 122 cm³/mol.